The Morgan fingerprint density at radius 3 is 2.79 bits per heavy atom. The van der Waals surface area contributed by atoms with Crippen molar-refractivity contribution in [1.29, 1.82) is 0 Å². The van der Waals surface area contributed by atoms with E-state index in [1.165, 1.54) is 12.1 Å². The van der Waals surface area contributed by atoms with E-state index in [4.69, 9.17) is 11.6 Å². The maximum absolute atomic E-state index is 12.7. The Morgan fingerprint density at radius 2 is 1.97 bits per heavy atom. The van der Waals surface area contributed by atoms with Gasteiger partial charge in [0.15, 0.2) is 0 Å². The van der Waals surface area contributed by atoms with Gasteiger partial charge in [0, 0.05) is 26.9 Å². The predicted molar refractivity (Wildman–Crippen MR) is 116 cm³/mol. The molecule has 0 spiro atoms. The van der Waals surface area contributed by atoms with Crippen LogP contribution in [0.2, 0.25) is 5.02 Å². The average Bonchev–Trinajstić information content (AvgIpc) is 3.11. The maximum Gasteiger partial charge on any atom is 0.265 e. The normalized spacial score (nSPS) is 11.6. The molecule has 4 rings (SSSR count). The zero-order valence-corrected chi connectivity index (χ0v) is 17.5. The van der Waals surface area contributed by atoms with Crippen molar-refractivity contribution in [3.05, 3.63) is 59.4 Å². The number of aryl methyl sites for hydroxylation is 1. The summed E-state index contributed by atoms with van der Waals surface area (Å²) < 4.78 is 27.7. The number of aromatic nitrogens is 4. The van der Waals surface area contributed by atoms with Crippen LogP contribution in [-0.2, 0) is 10.0 Å². The maximum atomic E-state index is 12.7. The van der Waals surface area contributed by atoms with E-state index in [1.54, 1.807) is 19.3 Å². The highest BCUT2D eigenvalue weighted by Gasteiger charge is 2.21. The predicted octanol–water partition coefficient (Wildman–Crippen LogP) is 4.15. The molecule has 0 aliphatic heterocycles. The van der Waals surface area contributed by atoms with Gasteiger partial charge in [-0.15, -0.1) is 17.7 Å². The first-order chi connectivity index (χ1) is 13.8. The number of aromatic amines is 1. The molecule has 0 unspecified atom stereocenters. The van der Waals surface area contributed by atoms with Crippen molar-refractivity contribution in [3.8, 4) is 0 Å². The highest BCUT2D eigenvalue weighted by Crippen LogP contribution is 2.28. The van der Waals surface area contributed by atoms with Crippen molar-refractivity contribution in [2.45, 2.75) is 16.7 Å². The van der Waals surface area contributed by atoms with E-state index in [0.29, 0.717) is 16.3 Å². The molecule has 0 atom stereocenters. The van der Waals surface area contributed by atoms with Crippen LogP contribution in [0.25, 0.3) is 10.8 Å². The summed E-state index contributed by atoms with van der Waals surface area (Å²) in [6, 6.07) is 10.6. The fraction of sp³-hybridized carbons (Fsp3) is 0.0556. The Kier molecular flexibility index (Phi) is 5.07. The molecule has 0 aliphatic carbocycles. The fourth-order valence-electron chi connectivity index (χ4n) is 2.74. The highest BCUT2D eigenvalue weighted by atomic mass is 35.5. The number of thiol groups is 1. The number of rotatable bonds is 5. The first-order valence-electron chi connectivity index (χ1n) is 8.37. The summed E-state index contributed by atoms with van der Waals surface area (Å²) in [7, 11) is -3.95. The Morgan fingerprint density at radius 1 is 1.17 bits per heavy atom. The lowest BCUT2D eigenvalue weighted by molar-refractivity contribution is 0.599. The van der Waals surface area contributed by atoms with Gasteiger partial charge in [-0.2, -0.15) is 4.98 Å². The number of fused-ring (bicyclic) bond motifs is 1. The van der Waals surface area contributed by atoms with Crippen molar-refractivity contribution in [2.24, 2.45) is 0 Å². The molecular weight excluding hydrogens is 432 g/mol. The van der Waals surface area contributed by atoms with Crippen molar-refractivity contribution in [1.82, 2.24) is 20.2 Å². The summed E-state index contributed by atoms with van der Waals surface area (Å²) >= 11 is 10.2. The minimum Gasteiger partial charge on any atom is -0.323 e. The number of anilines is 3. The van der Waals surface area contributed by atoms with Crippen LogP contribution >= 0.6 is 24.2 Å². The van der Waals surface area contributed by atoms with Gasteiger partial charge in [0.2, 0.25) is 5.95 Å². The van der Waals surface area contributed by atoms with Gasteiger partial charge in [-0.25, -0.2) is 18.2 Å². The molecule has 4 aromatic rings. The van der Waals surface area contributed by atoms with Crippen LogP contribution in [0.3, 0.4) is 0 Å². The Balaban J connectivity index is 1.59. The highest BCUT2D eigenvalue weighted by molar-refractivity contribution is 7.93. The molecule has 148 valence electrons. The van der Waals surface area contributed by atoms with Crippen LogP contribution < -0.4 is 10.0 Å². The molecule has 29 heavy (non-hydrogen) atoms. The smallest absolute Gasteiger partial charge is 0.265 e. The van der Waals surface area contributed by atoms with Crippen LogP contribution in [0.5, 0.6) is 0 Å². The molecule has 0 amide bonds. The number of H-pyrrole nitrogens is 1. The molecule has 2 aromatic heterocycles. The third kappa shape index (κ3) is 4.00. The van der Waals surface area contributed by atoms with Gasteiger partial charge in [0.25, 0.3) is 16.0 Å². The molecule has 0 bridgehead atoms. The number of hydrogen-bond donors (Lipinski definition) is 4. The van der Waals surface area contributed by atoms with Crippen LogP contribution in [-0.4, -0.2) is 28.6 Å². The van der Waals surface area contributed by atoms with Crippen LogP contribution in [0.4, 0.5) is 17.6 Å². The third-order valence-corrected chi connectivity index (χ3v) is 6.46. The molecule has 3 N–H and O–H groups in total. The molecule has 0 fully saturated rings. The van der Waals surface area contributed by atoms with E-state index in [9.17, 15) is 8.42 Å². The summed E-state index contributed by atoms with van der Waals surface area (Å²) in [4.78, 5) is 8.54. The fourth-order valence-corrected chi connectivity index (χ4v) is 4.64. The number of halogens is 1. The Hall–Kier alpha value is -2.82. The van der Waals surface area contributed by atoms with E-state index in [0.717, 1.165) is 10.8 Å². The molecule has 2 heterocycles. The van der Waals surface area contributed by atoms with Gasteiger partial charge in [0.05, 0.1) is 11.9 Å². The number of nitrogens with one attached hydrogen (secondary N) is 3. The second-order valence-electron chi connectivity index (χ2n) is 6.22. The quantitative estimate of drug-likeness (QED) is 0.342. The molecule has 2 aromatic carbocycles. The second kappa shape index (κ2) is 7.54. The molecule has 11 heteroatoms. The van der Waals surface area contributed by atoms with Crippen molar-refractivity contribution in [2.75, 3.05) is 10.0 Å². The lowest BCUT2D eigenvalue weighted by atomic mass is 10.1. The first kappa shape index (κ1) is 19.5. The summed E-state index contributed by atoms with van der Waals surface area (Å²) in [5, 5.41) is 12.0. The number of pyridine rings is 1. The number of sulfonamides is 1. The summed E-state index contributed by atoms with van der Waals surface area (Å²) in [5.74, 6) is 0.153. The molecular formula is C18H15ClN6O2S2. The van der Waals surface area contributed by atoms with Crippen molar-refractivity contribution < 1.29 is 8.42 Å². The second-order valence-corrected chi connectivity index (χ2v) is 8.76. The zero-order valence-electron chi connectivity index (χ0n) is 15.0. The van der Waals surface area contributed by atoms with E-state index in [-0.39, 0.29) is 21.7 Å². The van der Waals surface area contributed by atoms with Gasteiger partial charge in [-0.1, -0.05) is 35.9 Å². The number of benzene rings is 2. The van der Waals surface area contributed by atoms with Gasteiger partial charge >= 0.3 is 0 Å². The van der Waals surface area contributed by atoms with Gasteiger partial charge in [0.1, 0.15) is 4.90 Å². The van der Waals surface area contributed by atoms with Crippen molar-refractivity contribution >= 4 is 62.6 Å². The average molecular weight is 447 g/mol. The molecule has 8 nitrogen and oxygen atoms in total. The first-order valence-corrected chi connectivity index (χ1v) is 10.7. The number of hydrogen-bond acceptors (Lipinski definition) is 7. The SMILES string of the molecule is Cc1cc(S(=O)(=O)Nc2n[nH]c(Nc3cncc4ccccc34)n2)c(S)cc1Cl. The van der Waals surface area contributed by atoms with E-state index < -0.39 is 10.0 Å². The third-order valence-electron chi connectivity index (χ3n) is 4.16. The monoisotopic (exact) mass is 446 g/mol. The minimum absolute atomic E-state index is 0.0136. The lowest BCUT2D eigenvalue weighted by Gasteiger charge is -2.09. The van der Waals surface area contributed by atoms with Crippen LogP contribution in [0.15, 0.2) is 58.6 Å². The van der Waals surface area contributed by atoms with E-state index in [2.05, 4.69) is 42.8 Å². The van der Waals surface area contributed by atoms with Gasteiger partial charge in [-0.05, 0) is 24.6 Å². The summed E-state index contributed by atoms with van der Waals surface area (Å²) in [6.45, 7) is 1.71. The van der Waals surface area contributed by atoms with Gasteiger partial charge in [-0.3, -0.25) is 4.98 Å². The largest absolute Gasteiger partial charge is 0.323 e. The molecule has 0 saturated carbocycles. The molecule has 0 radical (unpaired) electrons. The zero-order chi connectivity index (χ0) is 20.6. The molecule has 0 aliphatic rings. The topological polar surface area (TPSA) is 113 Å². The standard InChI is InChI=1S/C18H15ClN6O2S2/c1-10-6-16(15(28)7-13(10)19)29(26,27)25-18-22-17(23-24-18)21-14-9-20-8-11-4-2-3-5-12(11)14/h2-9,28H,1H3,(H3,21,22,23,24,25). The Labute approximate surface area is 177 Å². The summed E-state index contributed by atoms with van der Waals surface area (Å²) in [5.41, 5.74) is 1.32. The molecule has 0 saturated heterocycles. The van der Waals surface area contributed by atoms with Crippen molar-refractivity contribution in [3.63, 3.8) is 0 Å². The van der Waals surface area contributed by atoms with Crippen LogP contribution in [0.1, 0.15) is 5.56 Å². The van der Waals surface area contributed by atoms with E-state index in [1.807, 2.05) is 24.3 Å². The van der Waals surface area contributed by atoms with Crippen LogP contribution in [0, 0.1) is 6.92 Å². The summed E-state index contributed by atoms with van der Waals surface area (Å²) in [6.07, 6.45) is 3.40. The Bertz CT molecular complexity index is 1320. The lowest BCUT2D eigenvalue weighted by Crippen LogP contribution is -2.15. The van der Waals surface area contributed by atoms with E-state index >= 15 is 0 Å². The number of nitrogens with zero attached hydrogens (tertiary/aromatic N) is 3. The minimum atomic E-state index is -3.95. The van der Waals surface area contributed by atoms with Gasteiger partial charge < -0.3 is 5.32 Å².